The Morgan fingerprint density at radius 2 is 2.04 bits per heavy atom. The minimum atomic E-state index is 0.0117. The zero-order valence-electron chi connectivity index (χ0n) is 14.2. The Balaban J connectivity index is 1.41. The number of aliphatic hydroxyl groups excluding tert-OH is 1. The van der Waals surface area contributed by atoms with Gasteiger partial charge in [-0.05, 0) is 30.5 Å². The molecule has 1 unspecified atom stereocenters. The normalized spacial score (nSPS) is 20.7. The Morgan fingerprint density at radius 3 is 2.84 bits per heavy atom. The van der Waals surface area contributed by atoms with Gasteiger partial charge < -0.3 is 10.0 Å². The van der Waals surface area contributed by atoms with Crippen LogP contribution in [0.5, 0.6) is 0 Å². The van der Waals surface area contributed by atoms with Gasteiger partial charge in [-0.15, -0.1) is 11.8 Å². The Bertz CT molecular complexity index is 753. The highest BCUT2D eigenvalue weighted by atomic mass is 32.2. The van der Waals surface area contributed by atoms with Crippen LogP contribution in [0.3, 0.4) is 0 Å². The monoisotopic (exact) mass is 357 g/mol. The summed E-state index contributed by atoms with van der Waals surface area (Å²) >= 11 is 1.79. The molecule has 1 atom stereocenters. The third-order valence-corrected chi connectivity index (χ3v) is 6.47. The summed E-state index contributed by atoms with van der Waals surface area (Å²) in [7, 11) is 0. The van der Waals surface area contributed by atoms with Crippen molar-refractivity contribution in [1.29, 1.82) is 0 Å². The molecule has 4 rings (SSSR count). The van der Waals surface area contributed by atoms with Crippen molar-refractivity contribution in [1.82, 2.24) is 14.7 Å². The van der Waals surface area contributed by atoms with Crippen molar-refractivity contribution < 1.29 is 9.90 Å². The molecule has 25 heavy (non-hydrogen) atoms. The van der Waals surface area contributed by atoms with E-state index in [4.69, 9.17) is 5.11 Å². The zero-order valence-corrected chi connectivity index (χ0v) is 15.0. The van der Waals surface area contributed by atoms with Gasteiger partial charge >= 0.3 is 0 Å². The van der Waals surface area contributed by atoms with Gasteiger partial charge in [-0.2, -0.15) is 5.10 Å². The summed E-state index contributed by atoms with van der Waals surface area (Å²) in [4.78, 5) is 16.3. The fourth-order valence-corrected chi connectivity index (χ4v) is 5.17. The lowest BCUT2D eigenvalue weighted by Crippen LogP contribution is -2.41. The van der Waals surface area contributed by atoms with Crippen LogP contribution in [0.15, 0.2) is 41.4 Å². The Hall–Kier alpha value is -1.79. The second kappa shape index (κ2) is 7.22. The number of hydrogen-bond acceptors (Lipinski definition) is 4. The molecule has 3 heterocycles. The van der Waals surface area contributed by atoms with Gasteiger partial charge in [0, 0.05) is 41.5 Å². The molecule has 1 saturated heterocycles. The van der Waals surface area contributed by atoms with Gasteiger partial charge in [0.1, 0.15) is 0 Å². The molecule has 1 fully saturated rings. The van der Waals surface area contributed by atoms with E-state index in [0.29, 0.717) is 12.5 Å². The van der Waals surface area contributed by atoms with Crippen LogP contribution in [0.2, 0.25) is 0 Å². The minimum Gasteiger partial charge on any atom is -0.394 e. The summed E-state index contributed by atoms with van der Waals surface area (Å²) in [5.41, 5.74) is 2.38. The van der Waals surface area contributed by atoms with E-state index >= 15 is 0 Å². The fraction of sp³-hybridized carbons (Fsp3) is 0.474. The van der Waals surface area contributed by atoms with Crippen LogP contribution in [0, 0.1) is 0 Å². The van der Waals surface area contributed by atoms with Crippen molar-refractivity contribution in [3.63, 3.8) is 0 Å². The van der Waals surface area contributed by atoms with Crippen LogP contribution in [0.1, 0.15) is 35.9 Å². The Morgan fingerprint density at radius 1 is 1.24 bits per heavy atom. The Labute approximate surface area is 152 Å². The summed E-state index contributed by atoms with van der Waals surface area (Å²) in [6.07, 6.45) is 3.73. The number of aliphatic hydroxyl groups is 1. The van der Waals surface area contributed by atoms with Gasteiger partial charge in [-0.3, -0.25) is 9.48 Å². The predicted molar refractivity (Wildman–Crippen MR) is 97.8 cm³/mol. The lowest BCUT2D eigenvalue weighted by molar-refractivity contribution is -0.133. The van der Waals surface area contributed by atoms with Gasteiger partial charge in [0.15, 0.2) is 0 Å². The van der Waals surface area contributed by atoms with Crippen molar-refractivity contribution in [2.75, 3.05) is 25.4 Å². The van der Waals surface area contributed by atoms with Crippen molar-refractivity contribution in [3.8, 4) is 0 Å². The van der Waals surface area contributed by atoms with Crippen LogP contribution < -0.4 is 0 Å². The van der Waals surface area contributed by atoms with E-state index in [1.54, 1.807) is 18.0 Å². The van der Waals surface area contributed by atoms with Crippen molar-refractivity contribution in [2.24, 2.45) is 0 Å². The molecule has 132 valence electrons. The van der Waals surface area contributed by atoms with Crippen LogP contribution in [-0.4, -0.2) is 51.1 Å². The van der Waals surface area contributed by atoms with Crippen LogP contribution in [0.4, 0.5) is 0 Å². The number of amides is 1. The highest BCUT2D eigenvalue weighted by molar-refractivity contribution is 7.99. The maximum atomic E-state index is 13.0. The summed E-state index contributed by atoms with van der Waals surface area (Å²) in [6.45, 7) is 2.25. The predicted octanol–water partition coefficient (Wildman–Crippen LogP) is 2.47. The molecule has 0 spiro atoms. The summed E-state index contributed by atoms with van der Waals surface area (Å²) in [5, 5.41) is 13.5. The SMILES string of the molecule is O=C(C1CSc2ccccc21)N1CCC(c2ccnn2CCO)CC1. The van der Waals surface area contributed by atoms with Crippen LogP contribution in [-0.2, 0) is 11.3 Å². The molecule has 2 aromatic rings. The number of carbonyl (C=O) groups is 1. The number of carbonyl (C=O) groups excluding carboxylic acids is 1. The number of rotatable bonds is 4. The number of thioether (sulfide) groups is 1. The maximum Gasteiger partial charge on any atom is 0.231 e. The number of benzene rings is 1. The first-order valence-corrected chi connectivity index (χ1v) is 9.89. The number of fused-ring (bicyclic) bond motifs is 1. The summed E-state index contributed by atoms with van der Waals surface area (Å²) in [6, 6.07) is 10.3. The van der Waals surface area contributed by atoms with E-state index in [-0.39, 0.29) is 18.4 Å². The molecule has 1 aromatic carbocycles. The first kappa shape index (κ1) is 16.7. The van der Waals surface area contributed by atoms with E-state index in [1.165, 1.54) is 16.2 Å². The van der Waals surface area contributed by atoms with Gasteiger partial charge in [0.25, 0.3) is 0 Å². The first-order valence-electron chi connectivity index (χ1n) is 8.91. The maximum absolute atomic E-state index is 13.0. The fourth-order valence-electron chi connectivity index (χ4n) is 3.95. The number of nitrogens with zero attached hydrogens (tertiary/aromatic N) is 3. The average Bonchev–Trinajstić information content (AvgIpc) is 3.28. The van der Waals surface area contributed by atoms with Gasteiger partial charge in [0.05, 0.1) is 19.1 Å². The largest absolute Gasteiger partial charge is 0.394 e. The summed E-state index contributed by atoms with van der Waals surface area (Å²) in [5.74, 6) is 1.57. The van der Waals surface area contributed by atoms with Gasteiger partial charge in [0.2, 0.25) is 5.91 Å². The molecule has 2 aliphatic heterocycles. The lowest BCUT2D eigenvalue weighted by atomic mass is 9.91. The van der Waals surface area contributed by atoms with Crippen LogP contribution >= 0.6 is 11.8 Å². The molecule has 0 radical (unpaired) electrons. The second-order valence-corrected chi connectivity index (χ2v) is 7.77. The molecular weight excluding hydrogens is 334 g/mol. The lowest BCUT2D eigenvalue weighted by Gasteiger charge is -2.33. The van der Waals surface area contributed by atoms with Crippen LogP contribution in [0.25, 0.3) is 0 Å². The van der Waals surface area contributed by atoms with E-state index in [2.05, 4.69) is 17.2 Å². The van der Waals surface area contributed by atoms with Gasteiger partial charge in [-0.1, -0.05) is 18.2 Å². The van der Waals surface area contributed by atoms with Crippen molar-refractivity contribution >= 4 is 17.7 Å². The molecule has 1 N–H and O–H groups in total. The molecule has 5 nitrogen and oxygen atoms in total. The molecule has 0 saturated carbocycles. The molecular formula is C19H23N3O2S. The third kappa shape index (κ3) is 3.20. The number of likely N-dealkylation sites (tertiary alicyclic amines) is 1. The minimum absolute atomic E-state index is 0.0117. The molecule has 2 aliphatic rings. The van der Waals surface area contributed by atoms with E-state index in [9.17, 15) is 4.79 Å². The quantitative estimate of drug-likeness (QED) is 0.913. The highest BCUT2D eigenvalue weighted by Gasteiger charge is 2.34. The molecule has 1 aromatic heterocycles. The number of hydrogen-bond donors (Lipinski definition) is 1. The third-order valence-electron chi connectivity index (χ3n) is 5.28. The first-order chi connectivity index (χ1) is 12.3. The molecule has 6 heteroatoms. The van der Waals surface area contributed by atoms with Gasteiger partial charge in [-0.25, -0.2) is 0 Å². The standard InChI is InChI=1S/C19H23N3O2S/c23-12-11-22-17(5-8-20-22)14-6-9-21(10-7-14)19(24)16-13-25-18-4-2-1-3-15(16)18/h1-5,8,14,16,23H,6-7,9-13H2. The number of aromatic nitrogens is 2. The Kier molecular flexibility index (Phi) is 4.81. The second-order valence-electron chi connectivity index (χ2n) is 6.70. The van der Waals surface area contributed by atoms with Crippen molar-refractivity contribution in [2.45, 2.75) is 36.1 Å². The molecule has 0 bridgehead atoms. The van der Waals surface area contributed by atoms with E-state index < -0.39 is 0 Å². The topological polar surface area (TPSA) is 58.4 Å². The smallest absolute Gasteiger partial charge is 0.231 e. The van der Waals surface area contributed by atoms with E-state index in [1.807, 2.05) is 27.8 Å². The summed E-state index contributed by atoms with van der Waals surface area (Å²) < 4.78 is 1.89. The highest BCUT2D eigenvalue weighted by Crippen LogP contribution is 2.41. The van der Waals surface area contributed by atoms with E-state index in [0.717, 1.165) is 31.7 Å². The van der Waals surface area contributed by atoms with Crippen molar-refractivity contribution in [3.05, 3.63) is 47.8 Å². The molecule has 1 amide bonds. The number of piperidine rings is 1. The zero-order chi connectivity index (χ0) is 17.2. The average molecular weight is 357 g/mol. The molecule has 0 aliphatic carbocycles.